The third-order valence-electron chi connectivity index (χ3n) is 2.40. The third-order valence-corrected chi connectivity index (χ3v) is 2.40. The van der Waals surface area contributed by atoms with Crippen LogP contribution in [0.25, 0.3) is 11.2 Å². The summed E-state index contributed by atoms with van der Waals surface area (Å²) in [5.74, 6) is 0.0990. The van der Waals surface area contributed by atoms with E-state index in [4.69, 9.17) is 15.9 Å². The summed E-state index contributed by atoms with van der Waals surface area (Å²) in [6.45, 7) is 0.271. The van der Waals surface area contributed by atoms with E-state index in [9.17, 15) is 0 Å². The van der Waals surface area contributed by atoms with Gasteiger partial charge < -0.3 is 20.5 Å². The van der Waals surface area contributed by atoms with Gasteiger partial charge in [0.1, 0.15) is 11.8 Å². The Kier molecular flexibility index (Phi) is 2.97. The molecule has 86 valence electrons. The second-order valence-corrected chi connectivity index (χ2v) is 3.56. The predicted octanol–water partition coefficient (Wildman–Crippen LogP) is -0.991. The molecule has 0 aliphatic heterocycles. The zero-order valence-electron chi connectivity index (χ0n) is 8.61. The lowest BCUT2D eigenvalue weighted by Gasteiger charge is -2.11. The van der Waals surface area contributed by atoms with E-state index in [1.165, 1.54) is 6.33 Å². The van der Waals surface area contributed by atoms with Crippen LogP contribution < -0.4 is 5.73 Å². The number of hydrogen-bond donors (Lipinski definition) is 3. The molecule has 2 aromatic heterocycles. The number of anilines is 1. The van der Waals surface area contributed by atoms with Gasteiger partial charge in [0, 0.05) is 25.7 Å². The summed E-state index contributed by atoms with van der Waals surface area (Å²) >= 11 is 0. The molecular formula is C9H13N5O2. The molecule has 0 aromatic carbocycles. The second kappa shape index (κ2) is 4.42. The number of nitrogens with two attached hydrogens (primary N) is 1. The SMILES string of the molecule is Nc1ncnc2c1ncn2CC(CO)CO. The highest BCUT2D eigenvalue weighted by Gasteiger charge is 2.12. The maximum Gasteiger partial charge on any atom is 0.165 e. The molecule has 2 aromatic rings. The van der Waals surface area contributed by atoms with Gasteiger partial charge in [0.2, 0.25) is 0 Å². The van der Waals surface area contributed by atoms with Crippen molar-refractivity contribution in [1.82, 2.24) is 19.5 Å². The fraction of sp³-hybridized carbons (Fsp3) is 0.444. The maximum atomic E-state index is 9.00. The number of aromatic nitrogens is 4. The van der Waals surface area contributed by atoms with Gasteiger partial charge in [0.25, 0.3) is 0 Å². The Morgan fingerprint density at radius 2 is 2.00 bits per heavy atom. The Morgan fingerprint density at radius 1 is 1.25 bits per heavy atom. The van der Waals surface area contributed by atoms with Gasteiger partial charge in [-0.2, -0.15) is 0 Å². The number of aliphatic hydroxyl groups excluding tert-OH is 2. The molecule has 0 saturated carbocycles. The summed E-state index contributed by atoms with van der Waals surface area (Å²) in [5.41, 5.74) is 6.79. The molecule has 7 nitrogen and oxygen atoms in total. The van der Waals surface area contributed by atoms with E-state index in [-0.39, 0.29) is 19.1 Å². The van der Waals surface area contributed by atoms with Crippen LogP contribution in [-0.4, -0.2) is 42.9 Å². The molecule has 0 saturated heterocycles. The van der Waals surface area contributed by atoms with Crippen molar-refractivity contribution in [2.45, 2.75) is 6.54 Å². The predicted molar refractivity (Wildman–Crippen MR) is 57.4 cm³/mol. The molecule has 0 fully saturated rings. The van der Waals surface area contributed by atoms with Gasteiger partial charge in [0.15, 0.2) is 11.5 Å². The van der Waals surface area contributed by atoms with Gasteiger partial charge in [-0.25, -0.2) is 15.0 Å². The zero-order valence-corrected chi connectivity index (χ0v) is 8.61. The average Bonchev–Trinajstić information content (AvgIpc) is 2.71. The minimum Gasteiger partial charge on any atom is -0.396 e. The second-order valence-electron chi connectivity index (χ2n) is 3.56. The summed E-state index contributed by atoms with van der Waals surface area (Å²) < 4.78 is 1.74. The summed E-state index contributed by atoms with van der Waals surface area (Å²) in [5, 5.41) is 18.0. The van der Waals surface area contributed by atoms with E-state index >= 15 is 0 Å². The molecule has 2 rings (SSSR count). The number of nitrogens with zero attached hydrogens (tertiary/aromatic N) is 4. The van der Waals surface area contributed by atoms with Crippen molar-refractivity contribution < 1.29 is 10.2 Å². The molecule has 0 spiro atoms. The minimum absolute atomic E-state index is 0.0866. The first-order chi connectivity index (χ1) is 7.76. The Morgan fingerprint density at radius 3 is 2.69 bits per heavy atom. The molecule has 0 amide bonds. The molecule has 0 unspecified atom stereocenters. The van der Waals surface area contributed by atoms with Crippen LogP contribution in [0.5, 0.6) is 0 Å². The van der Waals surface area contributed by atoms with Gasteiger partial charge in [-0.15, -0.1) is 0 Å². The highest BCUT2D eigenvalue weighted by Crippen LogP contribution is 2.15. The number of nitrogen functional groups attached to an aromatic ring is 1. The fourth-order valence-corrected chi connectivity index (χ4v) is 1.48. The number of hydrogen-bond acceptors (Lipinski definition) is 6. The highest BCUT2D eigenvalue weighted by molar-refractivity contribution is 5.81. The van der Waals surface area contributed by atoms with Crippen LogP contribution in [0.3, 0.4) is 0 Å². The zero-order chi connectivity index (χ0) is 11.5. The van der Waals surface area contributed by atoms with E-state index in [1.807, 2.05) is 0 Å². The fourth-order valence-electron chi connectivity index (χ4n) is 1.48. The standard InChI is InChI=1S/C9H13N5O2/c10-8-7-9(12-4-11-8)14(5-13-7)1-6(2-15)3-16/h4-6,15-16H,1-3H2,(H2,10,11,12). The first-order valence-electron chi connectivity index (χ1n) is 4.89. The van der Waals surface area contributed by atoms with E-state index in [2.05, 4.69) is 15.0 Å². The van der Waals surface area contributed by atoms with Crippen LogP contribution in [0.2, 0.25) is 0 Å². The largest absolute Gasteiger partial charge is 0.396 e. The average molecular weight is 223 g/mol. The molecule has 16 heavy (non-hydrogen) atoms. The van der Waals surface area contributed by atoms with Gasteiger partial charge in [-0.05, 0) is 0 Å². The maximum absolute atomic E-state index is 9.00. The molecule has 0 atom stereocenters. The van der Waals surface area contributed by atoms with Crippen molar-refractivity contribution in [3.63, 3.8) is 0 Å². The Bertz CT molecular complexity index is 480. The monoisotopic (exact) mass is 223 g/mol. The van der Waals surface area contributed by atoms with Crippen molar-refractivity contribution in [1.29, 1.82) is 0 Å². The molecular weight excluding hydrogens is 210 g/mol. The van der Waals surface area contributed by atoms with Gasteiger partial charge in [-0.1, -0.05) is 0 Å². The van der Waals surface area contributed by atoms with Crippen molar-refractivity contribution in [3.8, 4) is 0 Å². The smallest absolute Gasteiger partial charge is 0.165 e. The van der Waals surface area contributed by atoms with Crippen molar-refractivity contribution >= 4 is 17.0 Å². The number of rotatable bonds is 4. The number of fused-ring (bicyclic) bond motifs is 1. The molecule has 7 heteroatoms. The van der Waals surface area contributed by atoms with E-state index in [1.54, 1.807) is 10.9 Å². The quantitative estimate of drug-likeness (QED) is 0.613. The topological polar surface area (TPSA) is 110 Å². The summed E-state index contributed by atoms with van der Waals surface area (Å²) in [6.07, 6.45) is 2.94. The van der Waals surface area contributed by atoms with E-state index < -0.39 is 0 Å². The molecule has 0 aliphatic carbocycles. The van der Waals surface area contributed by atoms with Crippen LogP contribution in [0.1, 0.15) is 0 Å². The van der Waals surface area contributed by atoms with E-state index in [0.29, 0.717) is 23.5 Å². The summed E-state index contributed by atoms with van der Waals surface area (Å²) in [7, 11) is 0. The van der Waals surface area contributed by atoms with Crippen molar-refractivity contribution in [2.24, 2.45) is 5.92 Å². The van der Waals surface area contributed by atoms with Gasteiger partial charge in [-0.3, -0.25) is 0 Å². The lowest BCUT2D eigenvalue weighted by atomic mass is 10.2. The van der Waals surface area contributed by atoms with Crippen LogP contribution in [0.4, 0.5) is 5.82 Å². The van der Waals surface area contributed by atoms with E-state index in [0.717, 1.165) is 0 Å². The van der Waals surface area contributed by atoms with Crippen LogP contribution in [0, 0.1) is 5.92 Å². The lowest BCUT2D eigenvalue weighted by Crippen LogP contribution is -2.18. The van der Waals surface area contributed by atoms with Gasteiger partial charge >= 0.3 is 0 Å². The highest BCUT2D eigenvalue weighted by atomic mass is 16.3. The molecule has 0 aliphatic rings. The van der Waals surface area contributed by atoms with Crippen molar-refractivity contribution in [3.05, 3.63) is 12.7 Å². The van der Waals surface area contributed by atoms with Crippen LogP contribution in [-0.2, 0) is 6.54 Å². The molecule has 4 N–H and O–H groups in total. The summed E-state index contributed by atoms with van der Waals surface area (Å²) in [4.78, 5) is 12.0. The van der Waals surface area contributed by atoms with Crippen LogP contribution >= 0.6 is 0 Å². The Balaban J connectivity index is 2.35. The van der Waals surface area contributed by atoms with Gasteiger partial charge in [0.05, 0.1) is 6.33 Å². The molecule has 0 radical (unpaired) electrons. The normalized spacial score (nSPS) is 11.4. The Hall–Kier alpha value is -1.73. The molecule has 2 heterocycles. The third kappa shape index (κ3) is 1.82. The summed E-state index contributed by atoms with van der Waals surface area (Å²) in [6, 6.07) is 0. The van der Waals surface area contributed by atoms with Crippen LogP contribution in [0.15, 0.2) is 12.7 Å². The number of aliphatic hydroxyl groups is 2. The van der Waals surface area contributed by atoms with Crippen molar-refractivity contribution in [2.75, 3.05) is 18.9 Å². The molecule has 0 bridgehead atoms. The minimum atomic E-state index is -0.228. The number of imidazole rings is 1. The Labute approximate surface area is 91.6 Å². The first kappa shape index (κ1) is 10.8. The first-order valence-corrected chi connectivity index (χ1v) is 4.89. The lowest BCUT2D eigenvalue weighted by molar-refractivity contribution is 0.138.